The molecule has 10 heavy (non-hydrogen) atoms. The van der Waals surface area contributed by atoms with Gasteiger partial charge in [-0.05, 0) is 6.07 Å². The van der Waals surface area contributed by atoms with Crippen molar-refractivity contribution in [1.29, 1.82) is 0 Å². The second-order valence-corrected chi connectivity index (χ2v) is 2.39. The minimum Gasteiger partial charge on any atom is -0.697 e. The molecule has 1 nitrogen and oxygen atoms in total. The van der Waals surface area contributed by atoms with Crippen LogP contribution < -0.4 is 0 Å². The number of benzene rings is 1. The average Bonchev–Trinajstić information content (AvgIpc) is 1.83. The fourth-order valence-corrected chi connectivity index (χ4v) is 0.804. The molecular formula is C6H4Cl2NPt-. The molecule has 0 saturated heterocycles. The molecule has 58 valence electrons. The van der Waals surface area contributed by atoms with Gasteiger partial charge < -0.3 is 5.73 Å². The van der Waals surface area contributed by atoms with Crippen LogP contribution >= 0.6 is 23.2 Å². The smallest absolute Gasteiger partial charge is 0.0579 e. The van der Waals surface area contributed by atoms with Gasteiger partial charge in [-0.25, -0.2) is 0 Å². The van der Waals surface area contributed by atoms with Gasteiger partial charge in [-0.15, -0.1) is 5.69 Å². The van der Waals surface area contributed by atoms with E-state index in [1.165, 1.54) is 0 Å². The molecule has 0 aliphatic carbocycles. The SMILES string of the molecule is [NH-]c1cccc(Cl)c1Cl.[Pt]. The maximum absolute atomic E-state index is 7.14. The Kier molecular flexibility index (Phi) is 4.35. The van der Waals surface area contributed by atoms with E-state index in [0.29, 0.717) is 10.0 Å². The van der Waals surface area contributed by atoms with Crippen molar-refractivity contribution in [3.63, 3.8) is 0 Å². The van der Waals surface area contributed by atoms with E-state index < -0.39 is 0 Å². The first kappa shape index (κ1) is 10.3. The van der Waals surface area contributed by atoms with Crippen LogP contribution in [-0.2, 0) is 21.1 Å². The molecule has 0 heterocycles. The minimum atomic E-state index is 0. The van der Waals surface area contributed by atoms with Gasteiger partial charge in [-0.3, -0.25) is 0 Å². The summed E-state index contributed by atoms with van der Waals surface area (Å²) in [6.45, 7) is 0. The van der Waals surface area contributed by atoms with Crippen molar-refractivity contribution in [1.82, 2.24) is 0 Å². The number of rotatable bonds is 0. The van der Waals surface area contributed by atoms with Gasteiger partial charge in [0.15, 0.2) is 0 Å². The second kappa shape index (κ2) is 4.23. The molecule has 4 heteroatoms. The number of hydrogen-bond acceptors (Lipinski definition) is 0. The standard InChI is InChI=1S/C6H4Cl2N.Pt/c7-4-2-1-3-5(9)6(4)8;/h1-3,9H;/q-1;. The van der Waals surface area contributed by atoms with Crippen LogP contribution in [0.15, 0.2) is 18.2 Å². The Morgan fingerprint density at radius 3 is 2.20 bits per heavy atom. The quantitative estimate of drug-likeness (QED) is 0.678. The van der Waals surface area contributed by atoms with Gasteiger partial charge in [-0.1, -0.05) is 35.3 Å². The molecule has 0 aliphatic heterocycles. The maximum atomic E-state index is 7.14. The number of halogens is 2. The van der Waals surface area contributed by atoms with Crippen molar-refractivity contribution >= 4 is 28.9 Å². The average molecular weight is 356 g/mol. The van der Waals surface area contributed by atoms with E-state index in [0.717, 1.165) is 0 Å². The van der Waals surface area contributed by atoms with Gasteiger partial charge in [0.1, 0.15) is 0 Å². The summed E-state index contributed by atoms with van der Waals surface area (Å²) < 4.78 is 0. The van der Waals surface area contributed by atoms with Gasteiger partial charge in [-0.2, -0.15) is 0 Å². The first-order valence-corrected chi connectivity index (χ1v) is 3.13. The molecule has 0 aliphatic rings. The third-order valence-corrected chi connectivity index (χ3v) is 1.77. The van der Waals surface area contributed by atoms with Crippen LogP contribution in [0.4, 0.5) is 5.69 Å². The van der Waals surface area contributed by atoms with Crippen LogP contribution in [0.1, 0.15) is 0 Å². The molecular weight excluding hydrogens is 352 g/mol. The molecule has 0 amide bonds. The normalized spacial score (nSPS) is 8.60. The number of nitrogens with one attached hydrogen (secondary N) is 1. The van der Waals surface area contributed by atoms with Crippen LogP contribution in [0.5, 0.6) is 0 Å². The Morgan fingerprint density at radius 1 is 1.20 bits per heavy atom. The maximum Gasteiger partial charge on any atom is 0.0579 e. The summed E-state index contributed by atoms with van der Waals surface area (Å²) in [5, 5.41) is 0.753. The van der Waals surface area contributed by atoms with Gasteiger partial charge in [0.25, 0.3) is 0 Å². The van der Waals surface area contributed by atoms with Gasteiger partial charge >= 0.3 is 0 Å². The van der Waals surface area contributed by atoms with Crippen LogP contribution in [-0.4, -0.2) is 0 Å². The largest absolute Gasteiger partial charge is 0.697 e. The Morgan fingerprint density at radius 2 is 1.80 bits per heavy atom. The molecule has 0 spiro atoms. The predicted octanol–water partition coefficient (Wildman–Crippen LogP) is 3.67. The van der Waals surface area contributed by atoms with Crippen LogP contribution in [0, 0.1) is 0 Å². The molecule has 1 rings (SSSR count). The summed E-state index contributed by atoms with van der Waals surface area (Å²) >= 11 is 11.1. The first-order chi connectivity index (χ1) is 4.22. The van der Waals surface area contributed by atoms with E-state index in [4.69, 9.17) is 28.9 Å². The third-order valence-electron chi connectivity index (χ3n) is 0.952. The van der Waals surface area contributed by atoms with Crippen LogP contribution in [0.2, 0.25) is 10.0 Å². The molecule has 0 aromatic heterocycles. The fraction of sp³-hybridized carbons (Fsp3) is 0. The molecule has 1 aromatic carbocycles. The van der Waals surface area contributed by atoms with E-state index >= 15 is 0 Å². The Bertz CT molecular complexity index is 207. The van der Waals surface area contributed by atoms with Crippen molar-refractivity contribution < 1.29 is 21.1 Å². The van der Waals surface area contributed by atoms with Crippen molar-refractivity contribution in [2.24, 2.45) is 0 Å². The zero-order valence-electron chi connectivity index (χ0n) is 4.80. The predicted molar refractivity (Wildman–Crippen MR) is 40.4 cm³/mol. The summed E-state index contributed by atoms with van der Waals surface area (Å²) in [7, 11) is 0. The molecule has 0 fully saturated rings. The summed E-state index contributed by atoms with van der Waals surface area (Å²) in [5.74, 6) is 0. The van der Waals surface area contributed by atoms with Crippen molar-refractivity contribution in [3.8, 4) is 0 Å². The molecule has 1 aromatic rings. The minimum absolute atomic E-state index is 0. The van der Waals surface area contributed by atoms with E-state index in [1.807, 2.05) is 0 Å². The van der Waals surface area contributed by atoms with Gasteiger partial charge in [0, 0.05) is 26.1 Å². The van der Waals surface area contributed by atoms with E-state index in [-0.39, 0.29) is 26.8 Å². The van der Waals surface area contributed by atoms with Crippen LogP contribution in [0.25, 0.3) is 5.73 Å². The van der Waals surface area contributed by atoms with Gasteiger partial charge in [0.2, 0.25) is 0 Å². The molecule has 0 unspecified atom stereocenters. The Labute approximate surface area is 83.8 Å². The summed E-state index contributed by atoms with van der Waals surface area (Å²) in [6.07, 6.45) is 0. The number of hydrogen-bond donors (Lipinski definition) is 0. The van der Waals surface area contributed by atoms with Crippen molar-refractivity contribution in [2.45, 2.75) is 0 Å². The summed E-state index contributed by atoms with van der Waals surface area (Å²) in [4.78, 5) is 0. The van der Waals surface area contributed by atoms with Crippen molar-refractivity contribution in [2.75, 3.05) is 0 Å². The summed E-state index contributed by atoms with van der Waals surface area (Å²) in [6, 6.07) is 4.94. The Hall–Kier alpha value is 0.288. The molecule has 0 atom stereocenters. The second-order valence-electron chi connectivity index (χ2n) is 1.60. The third kappa shape index (κ3) is 2.16. The molecule has 0 saturated carbocycles. The fourth-order valence-electron chi connectivity index (χ4n) is 0.504. The molecule has 0 bridgehead atoms. The zero-order chi connectivity index (χ0) is 6.85. The monoisotopic (exact) mass is 355 g/mol. The van der Waals surface area contributed by atoms with Crippen LogP contribution in [0.3, 0.4) is 0 Å². The van der Waals surface area contributed by atoms with Gasteiger partial charge in [0.05, 0.1) is 5.02 Å². The zero-order valence-corrected chi connectivity index (χ0v) is 8.59. The summed E-state index contributed by atoms with van der Waals surface area (Å²) in [5.41, 5.74) is 7.41. The van der Waals surface area contributed by atoms with Crippen molar-refractivity contribution in [3.05, 3.63) is 34.0 Å². The topological polar surface area (TPSA) is 23.8 Å². The van der Waals surface area contributed by atoms with E-state index in [1.54, 1.807) is 18.2 Å². The van der Waals surface area contributed by atoms with E-state index in [9.17, 15) is 0 Å². The molecule has 0 radical (unpaired) electrons. The van der Waals surface area contributed by atoms with E-state index in [2.05, 4.69) is 0 Å². The molecule has 1 N–H and O–H groups in total. The Balaban J connectivity index is 0.000000810. The first-order valence-electron chi connectivity index (χ1n) is 2.37.